The number of ether oxygens (including phenoxy) is 1. The normalized spacial score (nSPS) is 20.7. The van der Waals surface area contributed by atoms with Gasteiger partial charge < -0.3 is 14.2 Å². The number of nitrogens with zero attached hydrogens (tertiary/aromatic N) is 2. The third kappa shape index (κ3) is 4.35. The van der Waals surface area contributed by atoms with Crippen molar-refractivity contribution in [2.45, 2.75) is 45.7 Å². The van der Waals surface area contributed by atoms with Crippen molar-refractivity contribution in [2.24, 2.45) is 0 Å². The first-order valence-corrected chi connectivity index (χ1v) is 8.89. The zero-order chi connectivity index (χ0) is 19.8. The molecule has 0 radical (unpaired) electrons. The van der Waals surface area contributed by atoms with Crippen LogP contribution in [0.1, 0.15) is 40.3 Å². The highest BCUT2D eigenvalue weighted by atomic mass is 19.4. The zero-order valence-corrected chi connectivity index (χ0v) is 15.6. The second-order valence-corrected chi connectivity index (χ2v) is 7.04. The molecule has 0 aliphatic carbocycles. The fourth-order valence-corrected chi connectivity index (χ4v) is 3.58. The van der Waals surface area contributed by atoms with Crippen molar-refractivity contribution < 1.29 is 22.7 Å². The number of carbonyl (C=O) groups excluding carboxylic acids is 1. The molecular weight excluding hydrogens is 357 g/mol. The van der Waals surface area contributed by atoms with E-state index >= 15 is 0 Å². The van der Waals surface area contributed by atoms with Crippen LogP contribution in [0, 0.1) is 13.8 Å². The number of aryl methyl sites for hydroxylation is 1. The molecule has 0 saturated carbocycles. The third-order valence-electron chi connectivity index (χ3n) is 4.86. The molecule has 2 aromatic rings. The standard InChI is InChI=1S/C20H23F3N2O2/c1-13-9-17(15(3)25(13)12-20(21,22)23)19(26)24-10-14(2)27-18(11-24)16-7-5-4-6-8-16/h4-9,14,18H,10-12H2,1-3H3. The number of aromatic nitrogens is 1. The fourth-order valence-electron chi connectivity index (χ4n) is 3.58. The second kappa shape index (κ2) is 7.38. The van der Waals surface area contributed by atoms with Crippen LogP contribution in [0.2, 0.25) is 0 Å². The molecule has 2 heterocycles. The molecule has 1 amide bonds. The minimum atomic E-state index is -4.33. The third-order valence-corrected chi connectivity index (χ3v) is 4.86. The van der Waals surface area contributed by atoms with E-state index in [9.17, 15) is 18.0 Å². The van der Waals surface area contributed by atoms with Crippen molar-refractivity contribution in [1.82, 2.24) is 9.47 Å². The quantitative estimate of drug-likeness (QED) is 0.797. The Bertz CT molecular complexity index is 815. The Morgan fingerprint density at radius 2 is 1.85 bits per heavy atom. The summed E-state index contributed by atoms with van der Waals surface area (Å²) in [6.07, 6.45) is -4.75. The number of amides is 1. The summed E-state index contributed by atoms with van der Waals surface area (Å²) in [6, 6.07) is 11.2. The molecule has 1 aromatic heterocycles. The molecule has 0 N–H and O–H groups in total. The predicted molar refractivity (Wildman–Crippen MR) is 95.6 cm³/mol. The first-order chi connectivity index (χ1) is 12.7. The van der Waals surface area contributed by atoms with Gasteiger partial charge in [0.25, 0.3) is 5.91 Å². The SMILES string of the molecule is Cc1cc(C(=O)N2CC(C)OC(c3ccccc3)C2)c(C)n1CC(F)(F)F. The van der Waals surface area contributed by atoms with Crippen LogP contribution in [0.3, 0.4) is 0 Å². The molecule has 27 heavy (non-hydrogen) atoms. The maximum absolute atomic E-state index is 13.0. The second-order valence-electron chi connectivity index (χ2n) is 7.04. The van der Waals surface area contributed by atoms with Gasteiger partial charge in [-0.3, -0.25) is 4.79 Å². The van der Waals surface area contributed by atoms with Gasteiger partial charge in [-0.25, -0.2) is 0 Å². The predicted octanol–water partition coefficient (Wildman–Crippen LogP) is 4.27. The Labute approximate surface area is 156 Å². The van der Waals surface area contributed by atoms with Gasteiger partial charge in [0, 0.05) is 17.9 Å². The topological polar surface area (TPSA) is 34.5 Å². The number of rotatable bonds is 3. The lowest BCUT2D eigenvalue weighted by Gasteiger charge is -2.37. The van der Waals surface area contributed by atoms with Crippen LogP contribution in [0.4, 0.5) is 13.2 Å². The molecule has 1 saturated heterocycles. The summed E-state index contributed by atoms with van der Waals surface area (Å²) in [5.41, 5.74) is 2.06. The van der Waals surface area contributed by atoms with Gasteiger partial charge in [-0.05, 0) is 32.4 Å². The molecule has 146 valence electrons. The van der Waals surface area contributed by atoms with Gasteiger partial charge in [-0.15, -0.1) is 0 Å². The van der Waals surface area contributed by atoms with Crippen LogP contribution in [-0.2, 0) is 11.3 Å². The van der Waals surface area contributed by atoms with E-state index in [0.29, 0.717) is 30.0 Å². The summed E-state index contributed by atoms with van der Waals surface area (Å²) < 4.78 is 45.6. The van der Waals surface area contributed by atoms with Crippen LogP contribution < -0.4 is 0 Å². The van der Waals surface area contributed by atoms with E-state index in [2.05, 4.69) is 0 Å². The van der Waals surface area contributed by atoms with Crippen molar-refractivity contribution in [3.05, 3.63) is 58.9 Å². The summed E-state index contributed by atoms with van der Waals surface area (Å²) in [6.45, 7) is 4.72. The van der Waals surface area contributed by atoms with Gasteiger partial charge in [-0.2, -0.15) is 13.2 Å². The van der Waals surface area contributed by atoms with Crippen LogP contribution in [0.5, 0.6) is 0 Å². The maximum atomic E-state index is 13.0. The van der Waals surface area contributed by atoms with Crippen molar-refractivity contribution in [2.75, 3.05) is 13.1 Å². The number of benzene rings is 1. The van der Waals surface area contributed by atoms with E-state index in [-0.39, 0.29) is 18.1 Å². The van der Waals surface area contributed by atoms with Crippen LogP contribution in [0.15, 0.2) is 36.4 Å². The molecule has 1 aliphatic heterocycles. The number of morpholine rings is 1. The summed E-state index contributed by atoms with van der Waals surface area (Å²) >= 11 is 0. The molecule has 0 spiro atoms. The Morgan fingerprint density at radius 3 is 2.48 bits per heavy atom. The van der Waals surface area contributed by atoms with Crippen LogP contribution >= 0.6 is 0 Å². The van der Waals surface area contributed by atoms with Gasteiger partial charge >= 0.3 is 6.18 Å². The summed E-state index contributed by atoms with van der Waals surface area (Å²) in [7, 11) is 0. The van der Waals surface area contributed by atoms with Crippen molar-refractivity contribution in [3.8, 4) is 0 Å². The summed E-state index contributed by atoms with van der Waals surface area (Å²) in [4.78, 5) is 14.7. The molecule has 0 bridgehead atoms. The molecular formula is C20H23F3N2O2. The molecule has 1 aliphatic rings. The van der Waals surface area contributed by atoms with Gasteiger partial charge in [0.2, 0.25) is 0 Å². The molecule has 2 atom stereocenters. The Balaban J connectivity index is 1.84. The lowest BCUT2D eigenvalue weighted by Crippen LogP contribution is -2.46. The van der Waals surface area contributed by atoms with Gasteiger partial charge in [-0.1, -0.05) is 30.3 Å². The Hall–Kier alpha value is -2.28. The lowest BCUT2D eigenvalue weighted by atomic mass is 10.1. The molecule has 3 rings (SSSR count). The largest absolute Gasteiger partial charge is 0.406 e. The molecule has 2 unspecified atom stereocenters. The van der Waals surface area contributed by atoms with Gasteiger partial charge in [0.1, 0.15) is 12.6 Å². The van der Waals surface area contributed by atoms with Crippen molar-refractivity contribution in [3.63, 3.8) is 0 Å². The first kappa shape index (κ1) is 19.5. The van der Waals surface area contributed by atoms with E-state index in [4.69, 9.17) is 4.74 Å². The van der Waals surface area contributed by atoms with Crippen LogP contribution in [0.25, 0.3) is 0 Å². The number of hydrogen-bond acceptors (Lipinski definition) is 2. The van der Waals surface area contributed by atoms with E-state index in [1.807, 2.05) is 37.3 Å². The Morgan fingerprint density at radius 1 is 1.19 bits per heavy atom. The smallest absolute Gasteiger partial charge is 0.367 e. The van der Waals surface area contributed by atoms with E-state index in [1.165, 1.54) is 0 Å². The monoisotopic (exact) mass is 380 g/mol. The number of alkyl halides is 3. The average molecular weight is 380 g/mol. The number of hydrogen-bond donors (Lipinski definition) is 0. The minimum absolute atomic E-state index is 0.161. The highest BCUT2D eigenvalue weighted by molar-refractivity contribution is 5.95. The van der Waals surface area contributed by atoms with E-state index < -0.39 is 12.7 Å². The summed E-state index contributed by atoms with van der Waals surface area (Å²) in [5, 5.41) is 0. The van der Waals surface area contributed by atoms with Gasteiger partial charge in [0.05, 0.1) is 18.2 Å². The summed E-state index contributed by atoms with van der Waals surface area (Å²) in [5.74, 6) is -0.257. The first-order valence-electron chi connectivity index (χ1n) is 8.89. The molecule has 7 heteroatoms. The van der Waals surface area contributed by atoms with E-state index in [1.54, 1.807) is 24.8 Å². The highest BCUT2D eigenvalue weighted by Crippen LogP contribution is 2.28. The molecule has 1 aromatic carbocycles. The number of carbonyl (C=O) groups is 1. The maximum Gasteiger partial charge on any atom is 0.406 e. The van der Waals surface area contributed by atoms with Crippen LogP contribution in [-0.4, -0.2) is 40.7 Å². The van der Waals surface area contributed by atoms with Crippen molar-refractivity contribution in [1.29, 1.82) is 0 Å². The average Bonchev–Trinajstić information content (AvgIpc) is 2.88. The highest BCUT2D eigenvalue weighted by Gasteiger charge is 2.33. The van der Waals surface area contributed by atoms with E-state index in [0.717, 1.165) is 10.1 Å². The number of halogens is 3. The molecule has 1 fully saturated rings. The Kier molecular flexibility index (Phi) is 5.33. The fraction of sp³-hybridized carbons (Fsp3) is 0.450. The lowest BCUT2D eigenvalue weighted by molar-refractivity contribution is -0.141. The minimum Gasteiger partial charge on any atom is -0.367 e. The van der Waals surface area contributed by atoms with Crippen molar-refractivity contribution >= 4 is 5.91 Å². The van der Waals surface area contributed by atoms with Gasteiger partial charge in [0.15, 0.2) is 0 Å². The zero-order valence-electron chi connectivity index (χ0n) is 15.6. The molecule has 4 nitrogen and oxygen atoms in total.